The molecule has 82 valence electrons. The number of nitrogens with one attached hydrogen (secondary N) is 1. The first-order valence-corrected chi connectivity index (χ1v) is 4.02. The van der Waals surface area contributed by atoms with Gasteiger partial charge in [-0.15, -0.1) is 0 Å². The number of rotatable bonds is 1. The van der Waals surface area contributed by atoms with Gasteiger partial charge in [-0.05, 0) is 18.2 Å². The zero-order valence-corrected chi connectivity index (χ0v) is 7.79. The monoisotopic (exact) mass is 241 g/mol. The number of alkyl halides is 3. The summed E-state index contributed by atoms with van der Waals surface area (Å²) in [6.07, 6.45) is -5.06. The molecule has 0 heterocycles. The Balaban J connectivity index is 2.90. The van der Waals surface area contributed by atoms with Crippen LogP contribution in [0.5, 0.6) is 0 Å². The molecule has 0 aliphatic carbocycles. The molecule has 15 heavy (non-hydrogen) atoms. The van der Waals surface area contributed by atoms with Gasteiger partial charge in [0.25, 0.3) is 0 Å². The minimum atomic E-state index is -5.06. The summed E-state index contributed by atoms with van der Waals surface area (Å²) in [5.41, 5.74) is -0.607. The highest BCUT2D eigenvalue weighted by Gasteiger charge is 2.39. The van der Waals surface area contributed by atoms with Crippen molar-refractivity contribution in [1.29, 1.82) is 0 Å². The molecule has 0 aliphatic rings. The molecule has 0 saturated heterocycles. The number of benzene rings is 1. The third-order valence-electron chi connectivity index (χ3n) is 1.43. The Morgan fingerprint density at radius 3 is 2.47 bits per heavy atom. The van der Waals surface area contributed by atoms with Crippen molar-refractivity contribution in [3.05, 3.63) is 29.0 Å². The number of halogens is 5. The van der Waals surface area contributed by atoms with Crippen molar-refractivity contribution >= 4 is 23.2 Å². The Bertz CT molecular complexity index is 391. The molecule has 0 saturated carbocycles. The summed E-state index contributed by atoms with van der Waals surface area (Å²) < 4.78 is 48.3. The molecule has 0 fully saturated rings. The van der Waals surface area contributed by atoms with E-state index >= 15 is 0 Å². The van der Waals surface area contributed by atoms with Gasteiger partial charge in [0.15, 0.2) is 0 Å². The van der Waals surface area contributed by atoms with Gasteiger partial charge >= 0.3 is 12.1 Å². The molecule has 0 radical (unpaired) electrons. The number of hydrogen-bond acceptors (Lipinski definition) is 1. The Hall–Kier alpha value is -1.30. The van der Waals surface area contributed by atoms with Crippen LogP contribution >= 0.6 is 11.6 Å². The number of anilines is 1. The molecule has 1 aromatic rings. The molecular formula is C8H4ClF4NO. The van der Waals surface area contributed by atoms with E-state index in [1.807, 2.05) is 0 Å². The molecule has 1 amide bonds. The average molecular weight is 242 g/mol. The predicted octanol–water partition coefficient (Wildman–Crippen LogP) is 2.98. The molecule has 0 spiro atoms. The van der Waals surface area contributed by atoms with Gasteiger partial charge in [-0.25, -0.2) is 4.39 Å². The molecule has 1 aromatic carbocycles. The van der Waals surface area contributed by atoms with Crippen molar-refractivity contribution in [1.82, 2.24) is 0 Å². The third kappa shape index (κ3) is 3.09. The van der Waals surface area contributed by atoms with Gasteiger partial charge in [-0.1, -0.05) is 11.6 Å². The van der Waals surface area contributed by atoms with E-state index < -0.39 is 23.6 Å². The first-order valence-electron chi connectivity index (χ1n) is 3.64. The van der Waals surface area contributed by atoms with Crippen LogP contribution in [-0.4, -0.2) is 12.1 Å². The van der Waals surface area contributed by atoms with Crippen LogP contribution in [0, 0.1) is 5.82 Å². The maximum atomic E-state index is 12.9. The van der Waals surface area contributed by atoms with E-state index in [0.29, 0.717) is 0 Å². The van der Waals surface area contributed by atoms with Crippen LogP contribution < -0.4 is 5.32 Å². The fraction of sp³-hybridized carbons (Fsp3) is 0.125. The molecule has 0 bridgehead atoms. The Morgan fingerprint density at radius 1 is 1.33 bits per heavy atom. The van der Waals surface area contributed by atoms with Crippen LogP contribution in [0.15, 0.2) is 18.2 Å². The van der Waals surface area contributed by atoms with Gasteiger partial charge in [0.05, 0.1) is 5.69 Å². The zero-order chi connectivity index (χ0) is 11.6. The molecule has 7 heteroatoms. The number of hydrogen-bond donors (Lipinski definition) is 1. The summed E-state index contributed by atoms with van der Waals surface area (Å²) in [6, 6.07) is 2.90. The highest BCUT2D eigenvalue weighted by molar-refractivity contribution is 6.30. The van der Waals surface area contributed by atoms with Crippen molar-refractivity contribution in [3.63, 3.8) is 0 Å². The maximum Gasteiger partial charge on any atom is 0.471 e. The van der Waals surface area contributed by atoms with Gasteiger partial charge in [0.2, 0.25) is 0 Å². The van der Waals surface area contributed by atoms with E-state index in [9.17, 15) is 22.4 Å². The second kappa shape index (κ2) is 4.06. The van der Waals surface area contributed by atoms with Gasteiger partial charge < -0.3 is 5.32 Å². The van der Waals surface area contributed by atoms with Gasteiger partial charge in [0, 0.05) is 5.02 Å². The number of carbonyl (C=O) groups is 1. The smallest absolute Gasteiger partial charge is 0.316 e. The Labute approximate surface area is 86.8 Å². The summed E-state index contributed by atoms with van der Waals surface area (Å²) in [4.78, 5) is 10.5. The molecule has 1 rings (SSSR count). The predicted molar refractivity (Wildman–Crippen MR) is 46.1 cm³/mol. The lowest BCUT2D eigenvalue weighted by Gasteiger charge is -2.08. The average Bonchev–Trinajstić information content (AvgIpc) is 2.09. The van der Waals surface area contributed by atoms with E-state index in [2.05, 4.69) is 0 Å². The molecule has 0 aliphatic heterocycles. The van der Waals surface area contributed by atoms with E-state index in [0.717, 1.165) is 18.2 Å². The van der Waals surface area contributed by atoms with Crippen molar-refractivity contribution in [2.45, 2.75) is 6.18 Å². The number of carbonyl (C=O) groups excluding carboxylic acids is 1. The lowest BCUT2D eigenvalue weighted by Crippen LogP contribution is -2.30. The van der Waals surface area contributed by atoms with Gasteiger partial charge in [-0.2, -0.15) is 13.2 Å². The van der Waals surface area contributed by atoms with Crippen LogP contribution in [0.4, 0.5) is 23.2 Å². The van der Waals surface area contributed by atoms with Gasteiger partial charge in [0.1, 0.15) is 5.82 Å². The Morgan fingerprint density at radius 2 is 1.93 bits per heavy atom. The summed E-state index contributed by atoms with van der Waals surface area (Å²) >= 11 is 5.42. The minimum absolute atomic E-state index is 0.0221. The standard InChI is InChI=1S/C8H4ClF4NO/c9-4-1-2-5(10)6(3-4)14-7(15)8(11,12)13/h1-3H,(H,14,15). The van der Waals surface area contributed by atoms with E-state index in [1.165, 1.54) is 5.32 Å². The molecular weight excluding hydrogens is 238 g/mol. The van der Waals surface area contributed by atoms with Crippen LogP contribution in [-0.2, 0) is 4.79 Å². The molecule has 2 nitrogen and oxygen atoms in total. The SMILES string of the molecule is O=C(Nc1cc(Cl)ccc1F)C(F)(F)F. The van der Waals surface area contributed by atoms with Crippen LogP contribution in [0.1, 0.15) is 0 Å². The fourth-order valence-electron chi connectivity index (χ4n) is 0.786. The fourth-order valence-corrected chi connectivity index (χ4v) is 0.959. The second-order valence-corrected chi connectivity index (χ2v) is 3.01. The summed E-state index contributed by atoms with van der Waals surface area (Å²) in [6.45, 7) is 0. The first kappa shape index (κ1) is 11.8. The van der Waals surface area contributed by atoms with Crippen molar-refractivity contribution in [2.75, 3.05) is 5.32 Å². The first-order chi connectivity index (χ1) is 6.80. The summed E-state index contributed by atoms with van der Waals surface area (Å²) in [5, 5.41) is 1.39. The highest BCUT2D eigenvalue weighted by Crippen LogP contribution is 2.22. The second-order valence-electron chi connectivity index (χ2n) is 2.58. The minimum Gasteiger partial charge on any atom is -0.316 e. The molecule has 0 atom stereocenters. The highest BCUT2D eigenvalue weighted by atomic mass is 35.5. The third-order valence-corrected chi connectivity index (χ3v) is 1.67. The maximum absolute atomic E-state index is 12.9. The van der Waals surface area contributed by atoms with Crippen LogP contribution in [0.2, 0.25) is 5.02 Å². The summed E-state index contributed by atoms with van der Waals surface area (Å²) in [5.74, 6) is -3.24. The van der Waals surface area contributed by atoms with Crippen molar-refractivity contribution < 1.29 is 22.4 Å². The zero-order valence-electron chi connectivity index (χ0n) is 7.03. The Kier molecular flexibility index (Phi) is 3.18. The van der Waals surface area contributed by atoms with E-state index in [4.69, 9.17) is 11.6 Å². The van der Waals surface area contributed by atoms with Crippen molar-refractivity contribution in [2.24, 2.45) is 0 Å². The molecule has 1 N–H and O–H groups in total. The van der Waals surface area contributed by atoms with Gasteiger partial charge in [-0.3, -0.25) is 4.79 Å². The normalized spacial score (nSPS) is 11.3. The summed E-state index contributed by atoms with van der Waals surface area (Å²) in [7, 11) is 0. The largest absolute Gasteiger partial charge is 0.471 e. The lowest BCUT2D eigenvalue weighted by molar-refractivity contribution is -0.167. The molecule has 0 aromatic heterocycles. The van der Waals surface area contributed by atoms with Crippen LogP contribution in [0.3, 0.4) is 0 Å². The van der Waals surface area contributed by atoms with E-state index in [1.54, 1.807) is 0 Å². The lowest BCUT2D eigenvalue weighted by atomic mass is 10.3. The molecule has 0 unspecified atom stereocenters. The quantitative estimate of drug-likeness (QED) is 0.753. The van der Waals surface area contributed by atoms with Crippen molar-refractivity contribution in [3.8, 4) is 0 Å². The topological polar surface area (TPSA) is 29.1 Å². The van der Waals surface area contributed by atoms with Crippen LogP contribution in [0.25, 0.3) is 0 Å². The number of amides is 1. The van der Waals surface area contributed by atoms with E-state index in [-0.39, 0.29) is 5.02 Å².